The molecule has 1 aliphatic rings. The highest BCUT2D eigenvalue weighted by atomic mass is 16.5. The minimum Gasteiger partial charge on any atom is -0.463 e. The molecule has 0 atom stereocenters. The summed E-state index contributed by atoms with van der Waals surface area (Å²) in [6.45, 7) is 4.48. The van der Waals surface area contributed by atoms with Crippen molar-refractivity contribution in [2.75, 3.05) is 6.61 Å². The van der Waals surface area contributed by atoms with E-state index in [1.165, 1.54) is 5.56 Å². The van der Waals surface area contributed by atoms with E-state index in [0.717, 1.165) is 25.7 Å². The van der Waals surface area contributed by atoms with Gasteiger partial charge in [0.25, 0.3) is 0 Å². The van der Waals surface area contributed by atoms with E-state index in [1.54, 1.807) is 12.5 Å². The zero-order valence-electron chi connectivity index (χ0n) is 14.5. The number of imidazole rings is 1. The van der Waals surface area contributed by atoms with Crippen LogP contribution in [-0.4, -0.2) is 22.1 Å². The molecule has 4 nitrogen and oxygen atoms in total. The van der Waals surface area contributed by atoms with E-state index in [9.17, 15) is 4.79 Å². The molecule has 24 heavy (non-hydrogen) atoms. The number of benzene rings is 1. The van der Waals surface area contributed by atoms with Gasteiger partial charge in [-0.15, -0.1) is 0 Å². The maximum atomic E-state index is 12.4. The molecule has 3 rings (SSSR count). The van der Waals surface area contributed by atoms with Gasteiger partial charge in [0.15, 0.2) is 0 Å². The van der Waals surface area contributed by atoms with Gasteiger partial charge >= 0.3 is 5.97 Å². The number of rotatable bonds is 5. The summed E-state index contributed by atoms with van der Waals surface area (Å²) in [5.74, 6) is 0.580. The zero-order valence-corrected chi connectivity index (χ0v) is 14.5. The number of esters is 1. The molecule has 1 aromatic carbocycles. The van der Waals surface area contributed by atoms with Crippen LogP contribution in [0.3, 0.4) is 0 Å². The predicted octanol–water partition coefficient (Wildman–Crippen LogP) is 4.14. The van der Waals surface area contributed by atoms with E-state index < -0.39 is 0 Å². The Bertz CT molecular complexity index is 642. The molecule has 1 fully saturated rings. The van der Waals surface area contributed by atoms with Crippen LogP contribution in [0.5, 0.6) is 0 Å². The van der Waals surface area contributed by atoms with E-state index in [4.69, 9.17) is 4.74 Å². The first kappa shape index (κ1) is 16.7. The first-order valence-corrected chi connectivity index (χ1v) is 8.76. The fourth-order valence-electron chi connectivity index (χ4n) is 3.44. The molecule has 0 bridgehead atoms. The van der Waals surface area contributed by atoms with Crippen LogP contribution in [0.15, 0.2) is 49.1 Å². The highest BCUT2D eigenvalue weighted by Gasteiger charge is 2.30. The molecule has 1 heterocycles. The first-order chi connectivity index (χ1) is 11.6. The first-order valence-electron chi connectivity index (χ1n) is 8.76. The summed E-state index contributed by atoms with van der Waals surface area (Å²) in [5, 5.41) is 0. The molecule has 0 unspecified atom stereocenters. The third-order valence-corrected chi connectivity index (χ3v) is 5.10. The SMILES string of the molecule is CC(C)(COC(=O)C1CCC(c2ccccc2)CC1)n1ccnc1. The quantitative estimate of drug-likeness (QED) is 0.776. The standard InChI is InChI=1S/C20H26N2O2/c1-20(2,22-13-12-21-15-22)14-24-19(23)18-10-8-17(9-11-18)16-6-4-3-5-7-16/h3-7,12-13,15,17-18H,8-11,14H2,1-2H3. The summed E-state index contributed by atoms with van der Waals surface area (Å²) in [6, 6.07) is 10.6. The normalized spacial score (nSPS) is 21.4. The van der Waals surface area contributed by atoms with Crippen molar-refractivity contribution >= 4 is 5.97 Å². The minimum absolute atomic E-state index is 0.0450. The zero-order chi connectivity index (χ0) is 17.0. The Morgan fingerprint density at radius 3 is 2.54 bits per heavy atom. The number of nitrogens with zero attached hydrogens (tertiary/aromatic N) is 2. The van der Waals surface area contributed by atoms with Crippen molar-refractivity contribution in [1.82, 2.24) is 9.55 Å². The number of ether oxygens (including phenoxy) is 1. The second-order valence-corrected chi connectivity index (χ2v) is 7.35. The molecular formula is C20H26N2O2. The highest BCUT2D eigenvalue weighted by molar-refractivity contribution is 5.72. The van der Waals surface area contributed by atoms with Crippen LogP contribution in [0.2, 0.25) is 0 Å². The molecular weight excluding hydrogens is 300 g/mol. The molecule has 0 saturated heterocycles. The number of carbonyl (C=O) groups is 1. The fraction of sp³-hybridized carbons (Fsp3) is 0.500. The van der Waals surface area contributed by atoms with E-state index >= 15 is 0 Å². The predicted molar refractivity (Wildman–Crippen MR) is 93.6 cm³/mol. The number of hydrogen-bond acceptors (Lipinski definition) is 3. The van der Waals surface area contributed by atoms with Crippen LogP contribution in [0.1, 0.15) is 51.0 Å². The van der Waals surface area contributed by atoms with Crippen molar-refractivity contribution in [2.24, 2.45) is 5.92 Å². The fourth-order valence-corrected chi connectivity index (χ4v) is 3.44. The largest absolute Gasteiger partial charge is 0.463 e. The summed E-state index contributed by atoms with van der Waals surface area (Å²) < 4.78 is 7.60. The number of carbonyl (C=O) groups excluding carboxylic acids is 1. The molecule has 1 saturated carbocycles. The lowest BCUT2D eigenvalue weighted by Gasteiger charge is -2.30. The molecule has 2 aromatic rings. The highest BCUT2D eigenvalue weighted by Crippen LogP contribution is 2.36. The Hall–Kier alpha value is -2.10. The van der Waals surface area contributed by atoms with Crippen molar-refractivity contribution in [3.63, 3.8) is 0 Å². The second-order valence-electron chi connectivity index (χ2n) is 7.35. The minimum atomic E-state index is -0.270. The Morgan fingerprint density at radius 2 is 1.92 bits per heavy atom. The van der Waals surface area contributed by atoms with Gasteiger partial charge in [-0.2, -0.15) is 0 Å². The van der Waals surface area contributed by atoms with E-state index in [0.29, 0.717) is 12.5 Å². The number of hydrogen-bond donors (Lipinski definition) is 0. The van der Waals surface area contributed by atoms with Gasteiger partial charge in [-0.25, -0.2) is 4.98 Å². The lowest BCUT2D eigenvalue weighted by molar-refractivity contribution is -0.152. The summed E-state index contributed by atoms with van der Waals surface area (Å²) in [6.07, 6.45) is 9.38. The molecule has 0 N–H and O–H groups in total. The topological polar surface area (TPSA) is 44.1 Å². The summed E-state index contributed by atoms with van der Waals surface area (Å²) in [4.78, 5) is 16.5. The van der Waals surface area contributed by atoms with Crippen LogP contribution < -0.4 is 0 Å². The van der Waals surface area contributed by atoms with Crippen LogP contribution in [0, 0.1) is 5.92 Å². The van der Waals surface area contributed by atoms with Gasteiger partial charge in [0.2, 0.25) is 0 Å². The Morgan fingerprint density at radius 1 is 1.21 bits per heavy atom. The molecule has 0 radical (unpaired) electrons. The van der Waals surface area contributed by atoms with Crippen molar-refractivity contribution in [3.05, 3.63) is 54.6 Å². The molecule has 1 aliphatic carbocycles. The average molecular weight is 326 g/mol. The van der Waals surface area contributed by atoms with Gasteiger partial charge in [0, 0.05) is 12.4 Å². The molecule has 1 aromatic heterocycles. The van der Waals surface area contributed by atoms with Crippen molar-refractivity contribution in [2.45, 2.75) is 51.0 Å². The Balaban J connectivity index is 1.49. The second kappa shape index (κ2) is 7.20. The van der Waals surface area contributed by atoms with E-state index in [2.05, 4.69) is 35.3 Å². The third-order valence-electron chi connectivity index (χ3n) is 5.10. The molecule has 4 heteroatoms. The number of aromatic nitrogens is 2. The van der Waals surface area contributed by atoms with Gasteiger partial charge in [-0.1, -0.05) is 30.3 Å². The van der Waals surface area contributed by atoms with E-state index in [1.807, 2.05) is 24.6 Å². The molecule has 128 valence electrons. The van der Waals surface area contributed by atoms with Gasteiger partial charge in [-0.05, 0) is 51.0 Å². The lowest BCUT2D eigenvalue weighted by atomic mass is 9.79. The molecule has 0 amide bonds. The Kier molecular flexibility index (Phi) is 5.03. The summed E-state index contributed by atoms with van der Waals surface area (Å²) >= 11 is 0. The maximum absolute atomic E-state index is 12.4. The van der Waals surface area contributed by atoms with Crippen LogP contribution in [-0.2, 0) is 15.1 Å². The maximum Gasteiger partial charge on any atom is 0.309 e. The summed E-state index contributed by atoms with van der Waals surface area (Å²) in [5.41, 5.74) is 1.12. The average Bonchev–Trinajstić information content (AvgIpc) is 3.16. The van der Waals surface area contributed by atoms with Gasteiger partial charge < -0.3 is 9.30 Å². The van der Waals surface area contributed by atoms with Crippen molar-refractivity contribution < 1.29 is 9.53 Å². The van der Waals surface area contributed by atoms with Crippen LogP contribution in [0.25, 0.3) is 0 Å². The van der Waals surface area contributed by atoms with Crippen molar-refractivity contribution in [1.29, 1.82) is 0 Å². The van der Waals surface area contributed by atoms with Gasteiger partial charge in [0.1, 0.15) is 6.61 Å². The third kappa shape index (κ3) is 3.86. The lowest BCUT2D eigenvalue weighted by Crippen LogP contribution is -2.34. The van der Waals surface area contributed by atoms with E-state index in [-0.39, 0.29) is 17.4 Å². The molecule has 0 spiro atoms. The Labute approximate surface area is 143 Å². The van der Waals surface area contributed by atoms with Crippen LogP contribution in [0.4, 0.5) is 0 Å². The summed E-state index contributed by atoms with van der Waals surface area (Å²) in [7, 11) is 0. The van der Waals surface area contributed by atoms with Crippen LogP contribution >= 0.6 is 0 Å². The van der Waals surface area contributed by atoms with Crippen molar-refractivity contribution in [3.8, 4) is 0 Å². The molecule has 0 aliphatic heterocycles. The smallest absolute Gasteiger partial charge is 0.309 e. The monoisotopic (exact) mass is 326 g/mol. The van der Waals surface area contributed by atoms with Gasteiger partial charge in [0.05, 0.1) is 17.8 Å². The van der Waals surface area contributed by atoms with Gasteiger partial charge in [-0.3, -0.25) is 4.79 Å².